The van der Waals surface area contributed by atoms with Crippen LogP contribution in [0.15, 0.2) is 22.7 Å². The van der Waals surface area contributed by atoms with Gasteiger partial charge < -0.3 is 10.0 Å². The van der Waals surface area contributed by atoms with Crippen LogP contribution in [0.5, 0.6) is 0 Å². The van der Waals surface area contributed by atoms with Crippen LogP contribution in [0.3, 0.4) is 0 Å². The third-order valence-electron chi connectivity index (χ3n) is 3.60. The molecule has 0 amide bonds. The van der Waals surface area contributed by atoms with Crippen LogP contribution < -0.4 is 4.90 Å². The zero-order valence-electron chi connectivity index (χ0n) is 10.5. The Morgan fingerprint density at radius 1 is 1.44 bits per heavy atom. The number of nitrogens with zero attached hydrogens (tertiary/aromatic N) is 1. The van der Waals surface area contributed by atoms with Crippen LogP contribution in [0.1, 0.15) is 24.8 Å². The van der Waals surface area contributed by atoms with Gasteiger partial charge in [-0.15, -0.1) is 0 Å². The van der Waals surface area contributed by atoms with Crippen LogP contribution in [0.2, 0.25) is 0 Å². The van der Waals surface area contributed by atoms with Crippen molar-refractivity contribution < 1.29 is 9.90 Å². The van der Waals surface area contributed by atoms with Crippen LogP contribution in [0.4, 0.5) is 5.69 Å². The van der Waals surface area contributed by atoms with Gasteiger partial charge in [0.2, 0.25) is 0 Å². The number of aliphatic carboxylic acids is 1. The summed E-state index contributed by atoms with van der Waals surface area (Å²) in [7, 11) is 0. The van der Waals surface area contributed by atoms with Crippen LogP contribution in [0.25, 0.3) is 0 Å². The molecule has 98 valence electrons. The van der Waals surface area contributed by atoms with Crippen molar-refractivity contribution in [2.75, 3.05) is 18.0 Å². The molecular weight excluding hydrogens is 294 g/mol. The largest absolute Gasteiger partial charge is 0.481 e. The van der Waals surface area contributed by atoms with Gasteiger partial charge in [-0.25, -0.2) is 0 Å². The Labute approximate surface area is 116 Å². The number of carbonyl (C=O) groups is 1. The molecule has 0 saturated carbocycles. The van der Waals surface area contributed by atoms with Gasteiger partial charge in [-0.05, 0) is 43.4 Å². The molecule has 1 aromatic rings. The van der Waals surface area contributed by atoms with E-state index in [9.17, 15) is 4.79 Å². The zero-order chi connectivity index (χ0) is 13.1. The Bertz CT molecular complexity index is 439. The summed E-state index contributed by atoms with van der Waals surface area (Å²) in [5, 5.41) is 8.80. The Kier molecular flexibility index (Phi) is 4.27. The fraction of sp³-hybridized carbons (Fsp3) is 0.500. The average molecular weight is 312 g/mol. The molecule has 1 heterocycles. The van der Waals surface area contributed by atoms with Gasteiger partial charge in [0.05, 0.1) is 0 Å². The van der Waals surface area contributed by atoms with Crippen LogP contribution in [-0.2, 0) is 4.79 Å². The van der Waals surface area contributed by atoms with Gasteiger partial charge in [0.1, 0.15) is 0 Å². The summed E-state index contributed by atoms with van der Waals surface area (Å²) in [4.78, 5) is 13.0. The SMILES string of the molecule is Cc1ccc(N2CCC(CC(=O)O)CC2)cc1Br. The molecule has 0 unspecified atom stereocenters. The number of carboxylic acid groups (broad SMARTS) is 1. The van der Waals surface area contributed by atoms with Crippen molar-refractivity contribution in [2.24, 2.45) is 5.92 Å². The van der Waals surface area contributed by atoms with Crippen molar-refractivity contribution in [3.05, 3.63) is 28.2 Å². The fourth-order valence-corrected chi connectivity index (χ4v) is 2.79. The van der Waals surface area contributed by atoms with Gasteiger partial charge in [-0.1, -0.05) is 22.0 Å². The molecule has 1 saturated heterocycles. The highest BCUT2D eigenvalue weighted by Crippen LogP contribution is 2.28. The molecule has 1 fully saturated rings. The number of hydrogen-bond acceptors (Lipinski definition) is 2. The van der Waals surface area contributed by atoms with Gasteiger partial charge in [0.25, 0.3) is 0 Å². The molecule has 0 aromatic heterocycles. The van der Waals surface area contributed by atoms with Gasteiger partial charge >= 0.3 is 5.97 Å². The number of benzene rings is 1. The molecule has 1 aliphatic rings. The number of hydrogen-bond donors (Lipinski definition) is 1. The standard InChI is InChI=1S/C14H18BrNO2/c1-10-2-3-12(9-13(10)15)16-6-4-11(5-7-16)8-14(17)18/h2-3,9,11H,4-8H2,1H3,(H,17,18). The molecule has 1 aromatic carbocycles. The summed E-state index contributed by atoms with van der Waals surface area (Å²) in [5.74, 6) is -0.334. The first-order chi connectivity index (χ1) is 8.56. The van der Waals surface area contributed by atoms with Crippen LogP contribution >= 0.6 is 15.9 Å². The molecular formula is C14H18BrNO2. The Morgan fingerprint density at radius 2 is 2.11 bits per heavy atom. The average Bonchev–Trinajstić information content (AvgIpc) is 2.33. The van der Waals surface area contributed by atoms with Crippen molar-refractivity contribution in [3.8, 4) is 0 Å². The minimum absolute atomic E-state index is 0.311. The van der Waals surface area contributed by atoms with Gasteiger partial charge in [-0.2, -0.15) is 0 Å². The molecule has 0 bridgehead atoms. The number of carboxylic acids is 1. The summed E-state index contributed by atoms with van der Waals surface area (Å²) in [5.41, 5.74) is 2.46. The van der Waals surface area contributed by atoms with Crippen LogP contribution in [-0.4, -0.2) is 24.2 Å². The first kappa shape index (κ1) is 13.4. The summed E-state index contributed by atoms with van der Waals surface area (Å²) >= 11 is 3.55. The lowest BCUT2D eigenvalue weighted by atomic mass is 9.93. The van der Waals surface area contributed by atoms with Gasteiger partial charge in [0.15, 0.2) is 0 Å². The highest BCUT2D eigenvalue weighted by atomic mass is 79.9. The maximum atomic E-state index is 10.7. The lowest BCUT2D eigenvalue weighted by Gasteiger charge is -2.33. The summed E-state index contributed by atoms with van der Waals surface area (Å²) < 4.78 is 1.13. The first-order valence-corrected chi connectivity index (χ1v) is 7.08. The van der Waals surface area contributed by atoms with E-state index in [1.54, 1.807) is 0 Å². The van der Waals surface area contributed by atoms with E-state index in [2.05, 4.69) is 46.0 Å². The minimum Gasteiger partial charge on any atom is -0.481 e. The molecule has 1 N–H and O–H groups in total. The number of halogens is 1. The number of rotatable bonds is 3. The fourth-order valence-electron chi connectivity index (χ4n) is 2.42. The lowest BCUT2D eigenvalue weighted by molar-refractivity contribution is -0.138. The normalized spacial score (nSPS) is 16.9. The maximum Gasteiger partial charge on any atom is 0.303 e. The molecule has 2 rings (SSSR count). The number of anilines is 1. The van der Waals surface area contributed by atoms with Crippen molar-refractivity contribution in [2.45, 2.75) is 26.2 Å². The predicted octanol–water partition coefficient (Wildman–Crippen LogP) is 3.45. The second-order valence-corrected chi connectivity index (χ2v) is 5.82. The van der Waals surface area contributed by atoms with Gasteiger partial charge in [0, 0.05) is 29.7 Å². The van der Waals surface area contributed by atoms with Crippen molar-refractivity contribution in [1.29, 1.82) is 0 Å². The van der Waals surface area contributed by atoms with Gasteiger partial charge in [-0.3, -0.25) is 4.79 Å². The van der Waals surface area contributed by atoms with E-state index in [4.69, 9.17) is 5.11 Å². The second-order valence-electron chi connectivity index (χ2n) is 4.96. The summed E-state index contributed by atoms with van der Waals surface area (Å²) in [6.07, 6.45) is 2.25. The predicted molar refractivity (Wildman–Crippen MR) is 76.1 cm³/mol. The maximum absolute atomic E-state index is 10.7. The lowest BCUT2D eigenvalue weighted by Crippen LogP contribution is -2.34. The van der Waals surface area contributed by atoms with Crippen LogP contribution in [0, 0.1) is 12.8 Å². The molecule has 4 heteroatoms. The number of aryl methyl sites for hydroxylation is 1. The van der Waals surface area contributed by atoms with Crippen molar-refractivity contribution in [1.82, 2.24) is 0 Å². The molecule has 0 radical (unpaired) electrons. The molecule has 0 spiro atoms. The monoisotopic (exact) mass is 311 g/mol. The van der Waals surface area contributed by atoms with E-state index in [0.29, 0.717) is 12.3 Å². The quantitative estimate of drug-likeness (QED) is 0.929. The van der Waals surface area contributed by atoms with E-state index in [1.165, 1.54) is 11.3 Å². The van der Waals surface area contributed by atoms with Crippen molar-refractivity contribution >= 4 is 27.6 Å². The molecule has 18 heavy (non-hydrogen) atoms. The van der Waals surface area contributed by atoms with E-state index >= 15 is 0 Å². The minimum atomic E-state index is -0.675. The Morgan fingerprint density at radius 3 is 2.67 bits per heavy atom. The van der Waals surface area contributed by atoms with E-state index in [-0.39, 0.29) is 0 Å². The topological polar surface area (TPSA) is 40.5 Å². The van der Waals surface area contributed by atoms with E-state index in [0.717, 1.165) is 30.4 Å². The molecule has 0 aliphatic carbocycles. The third-order valence-corrected chi connectivity index (χ3v) is 4.45. The number of piperidine rings is 1. The Balaban J connectivity index is 1.96. The molecule has 0 atom stereocenters. The molecule has 1 aliphatic heterocycles. The smallest absolute Gasteiger partial charge is 0.303 e. The van der Waals surface area contributed by atoms with E-state index in [1.807, 2.05) is 0 Å². The second kappa shape index (κ2) is 5.74. The first-order valence-electron chi connectivity index (χ1n) is 6.29. The highest BCUT2D eigenvalue weighted by Gasteiger charge is 2.21. The third kappa shape index (κ3) is 3.25. The van der Waals surface area contributed by atoms with Crippen molar-refractivity contribution in [3.63, 3.8) is 0 Å². The van der Waals surface area contributed by atoms with E-state index < -0.39 is 5.97 Å². The summed E-state index contributed by atoms with van der Waals surface area (Å²) in [6, 6.07) is 6.40. The molecule has 3 nitrogen and oxygen atoms in total. The summed E-state index contributed by atoms with van der Waals surface area (Å²) in [6.45, 7) is 3.98. The zero-order valence-corrected chi connectivity index (χ0v) is 12.1. The highest BCUT2D eigenvalue weighted by molar-refractivity contribution is 9.10. The Hall–Kier alpha value is -1.03.